The molecule has 7 N–H and O–H groups in total. The van der Waals surface area contributed by atoms with E-state index in [0.29, 0.717) is 0 Å². The summed E-state index contributed by atoms with van der Waals surface area (Å²) >= 11 is 0. The van der Waals surface area contributed by atoms with Gasteiger partial charge in [0.2, 0.25) is 0 Å². The third-order valence-electron chi connectivity index (χ3n) is 2.47. The minimum atomic E-state index is -5.21. The van der Waals surface area contributed by atoms with E-state index >= 15 is 0 Å². The average molecular weight is 388 g/mol. The van der Waals surface area contributed by atoms with Crippen molar-refractivity contribution < 1.29 is 37.4 Å². The van der Waals surface area contributed by atoms with Gasteiger partial charge in [-0.15, -0.1) is 0 Å². The summed E-state index contributed by atoms with van der Waals surface area (Å²) in [7, 11) is -10.2. The van der Waals surface area contributed by atoms with E-state index in [2.05, 4.69) is 13.8 Å². The zero-order valence-electron chi connectivity index (χ0n) is 12.3. The Hall–Kier alpha value is -1.14. The minimum absolute atomic E-state index is 0.0360. The first-order chi connectivity index (χ1) is 11.0. The maximum Gasteiger partial charge on any atom is 0.481 e. The first kappa shape index (κ1) is 20.9. The van der Waals surface area contributed by atoms with Crippen molar-refractivity contribution in [2.75, 3.05) is 18.9 Å². The molecule has 15 heteroatoms. The number of nitrogen functional groups attached to an aromatic ring is 1. The molecule has 0 fully saturated rings. The summed E-state index contributed by atoms with van der Waals surface area (Å²) in [5.74, 6) is 0.0360. The Kier molecular flexibility index (Phi) is 7.67. The van der Waals surface area contributed by atoms with E-state index < -0.39 is 34.0 Å². The van der Waals surface area contributed by atoms with Crippen LogP contribution >= 0.6 is 15.6 Å². The van der Waals surface area contributed by atoms with Crippen molar-refractivity contribution in [1.82, 2.24) is 9.55 Å². The fourth-order valence-electron chi connectivity index (χ4n) is 1.46. The number of hydrogen-bond acceptors (Lipinski definition) is 9. The predicted molar refractivity (Wildman–Crippen MR) is 80.4 cm³/mol. The first-order valence-corrected chi connectivity index (χ1v) is 9.44. The lowest BCUT2D eigenvalue weighted by Gasteiger charge is -2.19. The Morgan fingerprint density at radius 3 is 2.54 bits per heavy atom. The molecule has 0 bridgehead atoms. The third-order valence-corrected chi connectivity index (χ3v) is 4.62. The molecule has 1 aromatic rings. The van der Waals surface area contributed by atoms with Crippen molar-refractivity contribution in [2.45, 2.75) is 19.3 Å². The number of phosphoric acid groups is 2. The summed E-state index contributed by atoms with van der Waals surface area (Å²) in [5.41, 5.74) is 10.0. The molecule has 13 nitrogen and oxygen atoms in total. The number of aromatic nitrogens is 2. The fourth-order valence-corrected chi connectivity index (χ4v) is 3.08. The molecule has 1 aromatic heterocycles. The lowest BCUT2D eigenvalue weighted by atomic mass is 10.3. The topological polar surface area (TPSA) is 209 Å². The van der Waals surface area contributed by atoms with E-state index in [0.717, 1.165) is 4.57 Å². The van der Waals surface area contributed by atoms with Crippen LogP contribution in [0.2, 0.25) is 0 Å². The lowest BCUT2D eigenvalue weighted by Crippen LogP contribution is -2.29. The molecule has 0 aromatic carbocycles. The van der Waals surface area contributed by atoms with Crippen molar-refractivity contribution in [3.8, 4) is 0 Å². The minimum Gasteiger partial charge on any atom is -0.383 e. The monoisotopic (exact) mass is 388 g/mol. The molecular weight excluding hydrogens is 370 g/mol. The largest absolute Gasteiger partial charge is 0.481 e. The summed E-state index contributed by atoms with van der Waals surface area (Å²) in [6.07, 6.45) is 0.659. The fraction of sp³-hybridized carbons (Fsp3) is 0.556. The molecule has 24 heavy (non-hydrogen) atoms. The van der Waals surface area contributed by atoms with Gasteiger partial charge in [0, 0.05) is 6.20 Å². The average Bonchev–Trinajstić information content (AvgIpc) is 2.41. The molecule has 2 atom stereocenters. The predicted octanol–water partition coefficient (Wildman–Crippen LogP) is -1.26. The van der Waals surface area contributed by atoms with Gasteiger partial charge in [-0.1, -0.05) is 0 Å². The summed E-state index contributed by atoms with van der Waals surface area (Å²) in [6, 6.07) is 1.37. The smallest absolute Gasteiger partial charge is 0.383 e. The van der Waals surface area contributed by atoms with Gasteiger partial charge in [-0.2, -0.15) is 9.29 Å². The molecule has 0 spiro atoms. The molecule has 0 saturated heterocycles. The number of hydrogen-bond donors (Lipinski definition) is 5. The van der Waals surface area contributed by atoms with Crippen LogP contribution in [0.15, 0.2) is 17.1 Å². The quantitative estimate of drug-likeness (QED) is 0.297. The summed E-state index contributed by atoms with van der Waals surface area (Å²) in [4.78, 5) is 41.2. The summed E-state index contributed by atoms with van der Waals surface area (Å²) in [6.45, 7) is -0.699. The van der Waals surface area contributed by atoms with E-state index in [9.17, 15) is 18.8 Å². The number of rotatable bonds is 10. The molecule has 138 valence electrons. The molecule has 0 aliphatic carbocycles. The van der Waals surface area contributed by atoms with E-state index in [4.69, 9.17) is 26.0 Å². The highest BCUT2D eigenvalue weighted by molar-refractivity contribution is 7.60. The Morgan fingerprint density at radius 2 is 2.00 bits per heavy atom. The highest BCUT2D eigenvalue weighted by Crippen LogP contribution is 2.57. The molecule has 1 rings (SSSR count). The number of nitrogens with two attached hydrogens (primary N) is 2. The van der Waals surface area contributed by atoms with E-state index in [1.165, 1.54) is 12.3 Å². The maximum atomic E-state index is 11.5. The molecule has 0 aliphatic heterocycles. The zero-order chi connectivity index (χ0) is 18.4. The van der Waals surface area contributed by atoms with Gasteiger partial charge in [-0.05, 0) is 19.0 Å². The van der Waals surface area contributed by atoms with Crippen molar-refractivity contribution in [2.24, 2.45) is 5.73 Å². The Labute approximate surface area is 136 Å². The number of nitrogens with zero attached hydrogens (tertiary/aromatic N) is 2. The molecule has 0 saturated carbocycles. The second-order valence-electron chi connectivity index (χ2n) is 4.44. The van der Waals surface area contributed by atoms with Gasteiger partial charge >= 0.3 is 21.3 Å². The van der Waals surface area contributed by atoms with Crippen LogP contribution in [0.25, 0.3) is 0 Å². The van der Waals surface area contributed by atoms with Crippen molar-refractivity contribution >= 4 is 21.5 Å². The van der Waals surface area contributed by atoms with Gasteiger partial charge < -0.3 is 30.9 Å². The lowest BCUT2D eigenvalue weighted by molar-refractivity contribution is -0.0274. The Balaban J connectivity index is 2.62. The van der Waals surface area contributed by atoms with Crippen molar-refractivity contribution in [1.29, 1.82) is 0 Å². The molecule has 0 aliphatic rings. The SMILES string of the molecule is NCC[C@@H](COP(=O)(O)OP(=O)(O)O)OCn1ccc(N)nc1=O. The summed E-state index contributed by atoms with van der Waals surface area (Å²) in [5, 5.41) is 0. The normalized spacial score (nSPS) is 15.8. The standard InChI is InChI=1S/C9H18N4O9P2/c10-3-1-7(5-21-24(18,19)22-23(15,16)17)20-6-13-4-2-8(11)12-9(13)14/h2,4,7H,1,3,5-6,10H2,(H,18,19)(H2,11,12,14)(H2,15,16,17)/t7-/m0/s1. The van der Waals surface area contributed by atoms with Crippen LogP contribution < -0.4 is 17.2 Å². The summed E-state index contributed by atoms with van der Waals surface area (Å²) < 4.78 is 36.4. The number of anilines is 1. The van der Waals surface area contributed by atoms with Crippen molar-refractivity contribution in [3.63, 3.8) is 0 Å². The van der Waals surface area contributed by atoms with Crippen LogP contribution in [0.4, 0.5) is 5.82 Å². The van der Waals surface area contributed by atoms with Gasteiger partial charge in [-0.3, -0.25) is 9.09 Å². The van der Waals surface area contributed by atoms with Gasteiger partial charge in [0.05, 0.1) is 12.7 Å². The zero-order valence-corrected chi connectivity index (χ0v) is 14.1. The Morgan fingerprint density at radius 1 is 1.33 bits per heavy atom. The highest BCUT2D eigenvalue weighted by atomic mass is 31.3. The maximum absolute atomic E-state index is 11.5. The molecule has 1 unspecified atom stereocenters. The third kappa shape index (κ3) is 8.11. The second kappa shape index (κ2) is 8.81. The van der Waals surface area contributed by atoms with Gasteiger partial charge in [0.25, 0.3) is 0 Å². The molecule has 1 heterocycles. The van der Waals surface area contributed by atoms with E-state index in [1.807, 2.05) is 0 Å². The molecular formula is C9H18N4O9P2. The van der Waals surface area contributed by atoms with Crippen LogP contribution in [0.1, 0.15) is 6.42 Å². The number of ether oxygens (including phenoxy) is 1. The van der Waals surface area contributed by atoms with Crippen molar-refractivity contribution in [3.05, 3.63) is 22.7 Å². The molecule has 0 radical (unpaired) electrons. The van der Waals surface area contributed by atoms with Crippen LogP contribution in [0.5, 0.6) is 0 Å². The first-order valence-electron chi connectivity index (χ1n) is 6.41. The van der Waals surface area contributed by atoms with Crippen LogP contribution in [-0.4, -0.2) is 43.5 Å². The van der Waals surface area contributed by atoms with Gasteiger partial charge in [0.1, 0.15) is 12.5 Å². The van der Waals surface area contributed by atoms with Gasteiger partial charge in [0.15, 0.2) is 0 Å². The number of phosphoric ester groups is 1. The van der Waals surface area contributed by atoms with Crippen LogP contribution in [0.3, 0.4) is 0 Å². The second-order valence-corrected chi connectivity index (χ2v) is 7.27. The molecule has 0 amide bonds. The van der Waals surface area contributed by atoms with E-state index in [-0.39, 0.29) is 25.5 Å². The van der Waals surface area contributed by atoms with E-state index in [1.54, 1.807) is 0 Å². The van der Waals surface area contributed by atoms with Crippen LogP contribution in [0, 0.1) is 0 Å². The highest BCUT2D eigenvalue weighted by Gasteiger charge is 2.33. The van der Waals surface area contributed by atoms with Gasteiger partial charge in [-0.25, -0.2) is 13.9 Å². The Bertz CT molecular complexity index is 690. The van der Waals surface area contributed by atoms with Crippen LogP contribution in [-0.2, 0) is 29.4 Å².